The monoisotopic (exact) mass is 489 g/mol. The summed E-state index contributed by atoms with van der Waals surface area (Å²) < 4.78 is 23.8. The fourth-order valence-electron chi connectivity index (χ4n) is 3.68. The molecule has 2 N–H and O–H groups in total. The van der Waals surface area contributed by atoms with Crippen molar-refractivity contribution in [3.8, 4) is 0 Å². The third kappa shape index (κ3) is 6.28. The number of nitrogens with zero attached hydrogens (tertiary/aromatic N) is 2. The Labute approximate surface area is 199 Å². The average molecular weight is 490 g/mol. The molecule has 7 nitrogen and oxygen atoms in total. The first-order valence-corrected chi connectivity index (χ1v) is 12.9. The van der Waals surface area contributed by atoms with E-state index in [4.69, 9.17) is 11.6 Å². The standard InChI is InChI=1S/C24H28ClN3O4S/c1-15(24(2,3)30)20-13-27-22(14-26-20)28-23(29)18(11-16-7-5-6-8-16)17-9-10-21(19(25)12-17)33(4,31)32/h9-14,16,30H,1,5-8H2,2-4H3,(H,27,28,29)/b18-11+. The predicted octanol–water partition coefficient (Wildman–Crippen LogP) is 4.53. The van der Waals surface area contributed by atoms with Crippen molar-refractivity contribution in [1.82, 2.24) is 9.97 Å². The summed E-state index contributed by atoms with van der Waals surface area (Å²) in [5.74, 6) is 0.0968. The molecule has 2 aromatic rings. The summed E-state index contributed by atoms with van der Waals surface area (Å²) in [6.45, 7) is 7.05. The molecule has 1 aliphatic carbocycles. The van der Waals surface area contributed by atoms with Crippen LogP contribution in [0.2, 0.25) is 5.02 Å². The van der Waals surface area contributed by atoms with E-state index in [1.807, 2.05) is 6.08 Å². The van der Waals surface area contributed by atoms with E-state index >= 15 is 0 Å². The zero-order chi connectivity index (χ0) is 24.4. The van der Waals surface area contributed by atoms with Gasteiger partial charge in [0.1, 0.15) is 0 Å². The summed E-state index contributed by atoms with van der Waals surface area (Å²) in [5.41, 5.74) is 0.613. The number of carbonyl (C=O) groups is 1. The number of allylic oxidation sites excluding steroid dienone is 1. The molecular formula is C24H28ClN3O4S. The highest BCUT2D eigenvalue weighted by molar-refractivity contribution is 7.90. The maximum atomic E-state index is 13.2. The Balaban J connectivity index is 1.90. The molecule has 1 aliphatic rings. The van der Waals surface area contributed by atoms with Gasteiger partial charge in [-0.05, 0) is 50.3 Å². The molecule has 1 saturated carbocycles. The average Bonchev–Trinajstić information content (AvgIpc) is 3.23. The molecule has 33 heavy (non-hydrogen) atoms. The molecule has 0 spiro atoms. The number of aromatic nitrogens is 2. The fourth-order valence-corrected chi connectivity index (χ4v) is 5.01. The number of hydrogen-bond acceptors (Lipinski definition) is 6. The van der Waals surface area contributed by atoms with Gasteiger partial charge in [-0.3, -0.25) is 9.78 Å². The van der Waals surface area contributed by atoms with Gasteiger partial charge in [0.2, 0.25) is 0 Å². The number of halogens is 1. The molecular weight excluding hydrogens is 462 g/mol. The topological polar surface area (TPSA) is 109 Å². The normalized spacial score (nSPS) is 15.5. The highest BCUT2D eigenvalue weighted by atomic mass is 35.5. The molecule has 3 rings (SSSR count). The van der Waals surface area contributed by atoms with Crippen LogP contribution in [0.1, 0.15) is 50.8 Å². The zero-order valence-electron chi connectivity index (χ0n) is 18.9. The molecule has 0 aliphatic heterocycles. The number of benzene rings is 1. The molecule has 0 unspecified atom stereocenters. The van der Waals surface area contributed by atoms with Gasteiger partial charge in [0.15, 0.2) is 15.7 Å². The zero-order valence-corrected chi connectivity index (χ0v) is 20.5. The van der Waals surface area contributed by atoms with E-state index in [1.54, 1.807) is 19.9 Å². The van der Waals surface area contributed by atoms with Gasteiger partial charge >= 0.3 is 0 Å². The number of aliphatic hydroxyl groups is 1. The van der Waals surface area contributed by atoms with Crippen molar-refractivity contribution < 1.29 is 18.3 Å². The van der Waals surface area contributed by atoms with E-state index in [0.29, 0.717) is 22.4 Å². The maximum Gasteiger partial charge on any atom is 0.257 e. The first kappa shape index (κ1) is 25.1. The molecule has 1 fully saturated rings. The fraction of sp³-hybridized carbons (Fsp3) is 0.375. The second-order valence-corrected chi connectivity index (χ2v) is 11.2. The Bertz CT molecular complexity index is 1190. The smallest absolute Gasteiger partial charge is 0.257 e. The van der Waals surface area contributed by atoms with E-state index < -0.39 is 21.3 Å². The van der Waals surface area contributed by atoms with Crippen LogP contribution < -0.4 is 5.32 Å². The van der Waals surface area contributed by atoms with Crippen LogP contribution in [0.5, 0.6) is 0 Å². The second kappa shape index (κ2) is 9.75. The molecule has 1 heterocycles. The lowest BCUT2D eigenvalue weighted by Gasteiger charge is -2.19. The third-order valence-electron chi connectivity index (χ3n) is 5.63. The van der Waals surface area contributed by atoms with Gasteiger partial charge in [0, 0.05) is 17.4 Å². The summed E-state index contributed by atoms with van der Waals surface area (Å²) in [5, 5.41) is 12.9. The van der Waals surface area contributed by atoms with Crippen molar-refractivity contribution in [3.63, 3.8) is 0 Å². The Kier molecular flexibility index (Phi) is 7.41. The molecule has 0 saturated heterocycles. The van der Waals surface area contributed by atoms with Gasteiger partial charge in [-0.25, -0.2) is 13.4 Å². The van der Waals surface area contributed by atoms with E-state index in [0.717, 1.165) is 31.9 Å². The van der Waals surface area contributed by atoms with Crippen molar-refractivity contribution in [1.29, 1.82) is 0 Å². The lowest BCUT2D eigenvalue weighted by atomic mass is 9.97. The first-order valence-electron chi connectivity index (χ1n) is 10.6. The number of sulfone groups is 1. The summed E-state index contributed by atoms with van der Waals surface area (Å²) in [6, 6.07) is 4.50. The first-order chi connectivity index (χ1) is 15.4. The molecule has 176 valence electrons. The van der Waals surface area contributed by atoms with Gasteiger partial charge in [0.25, 0.3) is 5.91 Å². The molecule has 9 heteroatoms. The minimum absolute atomic E-state index is 0.0158. The quantitative estimate of drug-likeness (QED) is 0.553. The van der Waals surface area contributed by atoms with Gasteiger partial charge in [-0.1, -0.05) is 43.2 Å². The number of nitrogens with one attached hydrogen (secondary N) is 1. The molecule has 0 bridgehead atoms. The highest BCUT2D eigenvalue weighted by Crippen LogP contribution is 2.32. The summed E-state index contributed by atoms with van der Waals surface area (Å²) in [6.07, 6.45) is 10.0. The van der Waals surface area contributed by atoms with Crippen LogP contribution in [0.15, 0.2) is 48.1 Å². The van der Waals surface area contributed by atoms with Gasteiger partial charge in [-0.2, -0.15) is 0 Å². The number of amides is 1. The van der Waals surface area contributed by atoms with Crippen LogP contribution >= 0.6 is 11.6 Å². The summed E-state index contributed by atoms with van der Waals surface area (Å²) in [4.78, 5) is 21.7. The van der Waals surface area contributed by atoms with Crippen molar-refractivity contribution in [3.05, 3.63) is 59.5 Å². The van der Waals surface area contributed by atoms with Crippen LogP contribution in [0.25, 0.3) is 11.1 Å². The van der Waals surface area contributed by atoms with E-state index in [1.165, 1.54) is 24.5 Å². The van der Waals surface area contributed by atoms with Gasteiger partial charge in [-0.15, -0.1) is 0 Å². The van der Waals surface area contributed by atoms with Gasteiger partial charge < -0.3 is 10.4 Å². The number of carbonyl (C=O) groups excluding carboxylic acids is 1. The van der Waals surface area contributed by atoms with Crippen LogP contribution in [-0.2, 0) is 14.6 Å². The highest BCUT2D eigenvalue weighted by Gasteiger charge is 2.22. The molecule has 1 aromatic heterocycles. The minimum atomic E-state index is -3.48. The minimum Gasteiger partial charge on any atom is -0.386 e. The van der Waals surface area contributed by atoms with E-state index in [2.05, 4.69) is 21.9 Å². The van der Waals surface area contributed by atoms with E-state index in [9.17, 15) is 18.3 Å². The third-order valence-corrected chi connectivity index (χ3v) is 7.21. The van der Waals surface area contributed by atoms with E-state index in [-0.39, 0.29) is 21.7 Å². The van der Waals surface area contributed by atoms with Gasteiger partial charge in [0.05, 0.1) is 33.6 Å². The summed E-state index contributed by atoms with van der Waals surface area (Å²) >= 11 is 6.23. The molecule has 1 amide bonds. The van der Waals surface area contributed by atoms with Crippen LogP contribution in [-0.4, -0.2) is 41.3 Å². The largest absolute Gasteiger partial charge is 0.386 e. The SMILES string of the molecule is C=C(c1cnc(NC(=O)/C(=C/C2CCCC2)c2ccc(S(C)(=O)=O)c(Cl)c2)cn1)C(C)(C)O. The Morgan fingerprint density at radius 3 is 2.42 bits per heavy atom. The molecule has 1 aromatic carbocycles. The Morgan fingerprint density at radius 1 is 1.24 bits per heavy atom. The van der Waals surface area contributed by atoms with Crippen LogP contribution in [0, 0.1) is 5.92 Å². The van der Waals surface area contributed by atoms with Crippen molar-refractivity contribution in [2.24, 2.45) is 5.92 Å². The lowest BCUT2D eigenvalue weighted by molar-refractivity contribution is -0.111. The lowest BCUT2D eigenvalue weighted by Crippen LogP contribution is -2.21. The Hall–Kier alpha value is -2.55. The second-order valence-electron chi connectivity index (χ2n) is 8.82. The summed E-state index contributed by atoms with van der Waals surface area (Å²) in [7, 11) is -3.48. The molecule has 0 atom stereocenters. The Morgan fingerprint density at radius 2 is 1.91 bits per heavy atom. The van der Waals surface area contributed by atoms with Crippen LogP contribution in [0.3, 0.4) is 0 Å². The van der Waals surface area contributed by atoms with Crippen molar-refractivity contribution in [2.75, 3.05) is 11.6 Å². The predicted molar refractivity (Wildman–Crippen MR) is 130 cm³/mol. The van der Waals surface area contributed by atoms with Crippen molar-refractivity contribution in [2.45, 2.75) is 50.0 Å². The van der Waals surface area contributed by atoms with Crippen molar-refractivity contribution >= 4 is 44.3 Å². The number of rotatable bonds is 7. The van der Waals surface area contributed by atoms with Crippen LogP contribution in [0.4, 0.5) is 5.82 Å². The molecule has 0 radical (unpaired) electrons. The number of anilines is 1. The maximum absolute atomic E-state index is 13.2. The number of hydrogen-bond donors (Lipinski definition) is 2.